The molecule has 1 amide bonds. The second-order valence-corrected chi connectivity index (χ2v) is 5.49. The number of esters is 1. The Kier molecular flexibility index (Phi) is 2.36. The highest BCUT2D eigenvalue weighted by Crippen LogP contribution is 2.36. The molecule has 0 aromatic heterocycles. The van der Waals surface area contributed by atoms with Crippen molar-refractivity contribution in [2.24, 2.45) is 0 Å². The van der Waals surface area contributed by atoms with Gasteiger partial charge in [0.05, 0.1) is 13.1 Å². The van der Waals surface area contributed by atoms with Crippen LogP contribution < -0.4 is 0 Å². The summed E-state index contributed by atoms with van der Waals surface area (Å²) in [6.07, 6.45) is 0.842. The smallest absolute Gasteiger partial charge is 0.410 e. The lowest BCUT2D eigenvalue weighted by Gasteiger charge is -2.45. The van der Waals surface area contributed by atoms with Gasteiger partial charge in [0.2, 0.25) is 0 Å². The minimum atomic E-state index is -0.480. The van der Waals surface area contributed by atoms with Crippen molar-refractivity contribution < 1.29 is 19.1 Å². The zero-order chi connectivity index (χ0) is 12.0. The van der Waals surface area contributed by atoms with Gasteiger partial charge in [-0.15, -0.1) is 0 Å². The van der Waals surface area contributed by atoms with Gasteiger partial charge in [-0.1, -0.05) is 0 Å². The molecule has 5 nitrogen and oxygen atoms in total. The van der Waals surface area contributed by atoms with Crippen LogP contribution in [-0.4, -0.2) is 41.3 Å². The van der Waals surface area contributed by atoms with E-state index in [1.165, 1.54) is 0 Å². The third-order valence-corrected chi connectivity index (χ3v) is 2.72. The van der Waals surface area contributed by atoms with Crippen LogP contribution in [-0.2, 0) is 14.3 Å². The fourth-order valence-electron chi connectivity index (χ4n) is 2.00. The van der Waals surface area contributed by atoms with E-state index in [-0.39, 0.29) is 12.1 Å². The van der Waals surface area contributed by atoms with E-state index >= 15 is 0 Å². The normalized spacial score (nSPS) is 22.9. The highest BCUT2D eigenvalue weighted by atomic mass is 16.6. The Balaban J connectivity index is 1.84. The molecule has 90 valence electrons. The van der Waals surface area contributed by atoms with E-state index in [1.807, 2.05) is 20.8 Å². The highest BCUT2D eigenvalue weighted by molar-refractivity contribution is 5.74. The third-order valence-electron chi connectivity index (χ3n) is 2.72. The molecule has 0 bridgehead atoms. The van der Waals surface area contributed by atoms with Crippen LogP contribution in [0.1, 0.15) is 33.6 Å². The molecule has 2 heterocycles. The number of ether oxygens (including phenoxy) is 2. The van der Waals surface area contributed by atoms with Gasteiger partial charge >= 0.3 is 12.1 Å². The zero-order valence-corrected chi connectivity index (χ0v) is 9.91. The van der Waals surface area contributed by atoms with Crippen molar-refractivity contribution in [3.63, 3.8) is 0 Å². The second-order valence-electron chi connectivity index (χ2n) is 5.49. The molecule has 2 aliphatic rings. The molecule has 1 spiro atoms. The summed E-state index contributed by atoms with van der Waals surface area (Å²) in [5, 5.41) is 0. The van der Waals surface area contributed by atoms with Crippen LogP contribution in [0, 0.1) is 0 Å². The number of hydrogen-bond acceptors (Lipinski definition) is 4. The maximum Gasteiger partial charge on any atom is 0.410 e. The number of amides is 1. The molecular formula is C11H17NO4. The van der Waals surface area contributed by atoms with Crippen molar-refractivity contribution in [3.05, 3.63) is 0 Å². The van der Waals surface area contributed by atoms with Gasteiger partial charge in [0.15, 0.2) is 0 Å². The van der Waals surface area contributed by atoms with Crippen LogP contribution in [0.2, 0.25) is 0 Å². The predicted octanol–water partition coefficient (Wildman–Crippen LogP) is 1.31. The molecule has 0 unspecified atom stereocenters. The fourth-order valence-corrected chi connectivity index (χ4v) is 2.00. The minimum absolute atomic E-state index is 0.163. The van der Waals surface area contributed by atoms with Gasteiger partial charge in [0, 0.05) is 12.8 Å². The van der Waals surface area contributed by atoms with E-state index in [0.717, 1.165) is 0 Å². The number of carbonyl (C=O) groups excluding carboxylic acids is 2. The van der Waals surface area contributed by atoms with Crippen molar-refractivity contribution >= 4 is 12.1 Å². The van der Waals surface area contributed by atoms with E-state index < -0.39 is 11.2 Å². The van der Waals surface area contributed by atoms with Gasteiger partial charge in [-0.25, -0.2) is 4.79 Å². The van der Waals surface area contributed by atoms with Crippen LogP contribution in [0.15, 0.2) is 0 Å². The van der Waals surface area contributed by atoms with Crippen LogP contribution in [0.4, 0.5) is 4.79 Å². The first-order chi connectivity index (χ1) is 7.30. The molecule has 0 atom stereocenters. The summed E-state index contributed by atoms with van der Waals surface area (Å²) >= 11 is 0. The monoisotopic (exact) mass is 227 g/mol. The van der Waals surface area contributed by atoms with Gasteiger partial charge in [0.1, 0.15) is 11.2 Å². The molecule has 0 N–H and O–H groups in total. The summed E-state index contributed by atoms with van der Waals surface area (Å²) in [5.74, 6) is -0.163. The van der Waals surface area contributed by atoms with Crippen LogP contribution >= 0.6 is 0 Å². The fraction of sp³-hybridized carbons (Fsp3) is 0.818. The Bertz CT molecular complexity index is 325. The Morgan fingerprint density at radius 1 is 1.44 bits per heavy atom. The number of nitrogens with zero attached hydrogens (tertiary/aromatic N) is 1. The summed E-state index contributed by atoms with van der Waals surface area (Å²) in [7, 11) is 0. The van der Waals surface area contributed by atoms with E-state index in [2.05, 4.69) is 0 Å². The maximum atomic E-state index is 11.6. The molecule has 2 saturated heterocycles. The molecule has 0 aromatic rings. The first-order valence-electron chi connectivity index (χ1n) is 5.50. The topological polar surface area (TPSA) is 55.8 Å². The Hall–Kier alpha value is -1.26. The third kappa shape index (κ3) is 2.13. The summed E-state index contributed by atoms with van der Waals surface area (Å²) in [6, 6.07) is 0. The van der Waals surface area contributed by atoms with Gasteiger partial charge in [-0.3, -0.25) is 4.79 Å². The van der Waals surface area contributed by atoms with E-state index in [4.69, 9.17) is 9.47 Å². The van der Waals surface area contributed by atoms with E-state index in [1.54, 1.807) is 4.90 Å². The molecule has 0 aliphatic carbocycles. The average Bonchev–Trinajstić information content (AvgIpc) is 2.41. The molecule has 2 fully saturated rings. The Morgan fingerprint density at radius 3 is 2.50 bits per heavy atom. The standard InChI is InChI=1S/C11H17NO4/c1-10(2,3)16-9(14)12-6-11(7-12)5-4-8(13)15-11/h4-7H2,1-3H3. The van der Waals surface area contributed by atoms with Crippen LogP contribution in [0.25, 0.3) is 0 Å². The number of carbonyl (C=O) groups is 2. The van der Waals surface area contributed by atoms with Gasteiger partial charge in [0.25, 0.3) is 0 Å². The summed E-state index contributed by atoms with van der Waals surface area (Å²) in [5.41, 5.74) is -0.889. The average molecular weight is 227 g/mol. The van der Waals surface area contributed by atoms with E-state index in [0.29, 0.717) is 25.9 Å². The molecule has 0 radical (unpaired) electrons. The molecule has 0 saturated carbocycles. The zero-order valence-electron chi connectivity index (χ0n) is 9.91. The van der Waals surface area contributed by atoms with Gasteiger partial charge in [-0.05, 0) is 20.8 Å². The Morgan fingerprint density at radius 2 is 2.06 bits per heavy atom. The maximum absolute atomic E-state index is 11.6. The van der Waals surface area contributed by atoms with Crippen LogP contribution in [0.5, 0.6) is 0 Å². The quantitative estimate of drug-likeness (QED) is 0.585. The molecule has 2 aliphatic heterocycles. The second kappa shape index (κ2) is 3.37. The van der Waals surface area contributed by atoms with Crippen molar-refractivity contribution in [2.75, 3.05) is 13.1 Å². The number of likely N-dealkylation sites (tertiary alicyclic amines) is 1. The van der Waals surface area contributed by atoms with Crippen molar-refractivity contribution in [1.82, 2.24) is 4.90 Å². The van der Waals surface area contributed by atoms with Crippen molar-refractivity contribution in [3.8, 4) is 0 Å². The van der Waals surface area contributed by atoms with Gasteiger partial charge in [-0.2, -0.15) is 0 Å². The molecule has 16 heavy (non-hydrogen) atoms. The van der Waals surface area contributed by atoms with Gasteiger partial charge < -0.3 is 14.4 Å². The highest BCUT2D eigenvalue weighted by Gasteiger charge is 2.52. The number of rotatable bonds is 0. The van der Waals surface area contributed by atoms with Crippen molar-refractivity contribution in [2.45, 2.75) is 44.8 Å². The molecule has 0 aromatic carbocycles. The first kappa shape index (κ1) is 11.2. The summed E-state index contributed by atoms with van der Waals surface area (Å²) in [6.45, 7) is 6.42. The van der Waals surface area contributed by atoms with Crippen molar-refractivity contribution in [1.29, 1.82) is 0 Å². The minimum Gasteiger partial charge on any atom is -0.455 e. The largest absolute Gasteiger partial charge is 0.455 e. The Labute approximate surface area is 94.7 Å². The first-order valence-corrected chi connectivity index (χ1v) is 5.50. The lowest BCUT2D eigenvalue weighted by atomic mass is 9.91. The lowest BCUT2D eigenvalue weighted by molar-refractivity contribution is -0.162. The molecule has 2 rings (SSSR count). The molecule has 5 heteroatoms. The molecular weight excluding hydrogens is 210 g/mol. The predicted molar refractivity (Wildman–Crippen MR) is 55.9 cm³/mol. The SMILES string of the molecule is CC(C)(C)OC(=O)N1CC2(CCC(=O)O2)C1. The summed E-state index contributed by atoms with van der Waals surface area (Å²) < 4.78 is 10.4. The summed E-state index contributed by atoms with van der Waals surface area (Å²) in [4.78, 5) is 24.2. The number of hydrogen-bond donors (Lipinski definition) is 0. The van der Waals surface area contributed by atoms with E-state index in [9.17, 15) is 9.59 Å². The lowest BCUT2D eigenvalue weighted by Crippen LogP contribution is -2.63. The van der Waals surface area contributed by atoms with Crippen LogP contribution in [0.3, 0.4) is 0 Å².